The maximum atomic E-state index is 12.9. The number of hydrogen-bond acceptors (Lipinski definition) is 5. The third-order valence-corrected chi connectivity index (χ3v) is 6.11. The molecule has 1 unspecified atom stereocenters. The average molecular weight is 355 g/mol. The number of nitrogens with zero attached hydrogens (tertiary/aromatic N) is 1. The lowest BCUT2D eigenvalue weighted by Gasteiger charge is -2.26. The molecule has 2 rings (SSSR count). The van der Waals surface area contributed by atoms with Gasteiger partial charge in [0, 0.05) is 25.9 Å². The van der Waals surface area contributed by atoms with Gasteiger partial charge in [-0.25, -0.2) is 8.42 Å². The van der Waals surface area contributed by atoms with Crippen LogP contribution in [0, 0.1) is 6.92 Å². The van der Waals surface area contributed by atoms with Crippen LogP contribution in [0.3, 0.4) is 0 Å². The van der Waals surface area contributed by atoms with Gasteiger partial charge in [-0.3, -0.25) is 4.79 Å². The molecular weight excluding hydrogens is 330 g/mol. The number of carbonyl (C=O) groups is 1. The first-order valence-corrected chi connectivity index (χ1v) is 9.46. The first-order valence-electron chi connectivity index (χ1n) is 8.02. The molecule has 8 heteroatoms. The Morgan fingerprint density at radius 1 is 1.33 bits per heavy atom. The molecular formula is C16H25N3O4S. The van der Waals surface area contributed by atoms with E-state index in [0.717, 1.165) is 19.3 Å². The number of ether oxygens (including phenoxy) is 1. The Morgan fingerprint density at radius 2 is 2.00 bits per heavy atom. The lowest BCUT2D eigenvalue weighted by molar-refractivity contribution is -0.118. The molecule has 1 atom stereocenters. The van der Waals surface area contributed by atoms with Crippen molar-refractivity contribution < 1.29 is 17.9 Å². The van der Waals surface area contributed by atoms with Crippen molar-refractivity contribution in [3.05, 3.63) is 23.8 Å². The molecule has 3 N–H and O–H groups in total. The van der Waals surface area contributed by atoms with Crippen LogP contribution in [-0.4, -0.2) is 51.5 Å². The highest BCUT2D eigenvalue weighted by Gasteiger charge is 2.27. The van der Waals surface area contributed by atoms with Crippen LogP contribution in [0.15, 0.2) is 23.1 Å². The van der Waals surface area contributed by atoms with Gasteiger partial charge in [0.25, 0.3) is 0 Å². The summed E-state index contributed by atoms with van der Waals surface area (Å²) in [5.41, 5.74) is 6.75. The third-order valence-electron chi connectivity index (χ3n) is 4.07. The second-order valence-electron chi connectivity index (χ2n) is 6.00. The zero-order valence-corrected chi connectivity index (χ0v) is 14.9. The minimum absolute atomic E-state index is 0.0939. The van der Waals surface area contributed by atoms with Crippen molar-refractivity contribution in [3.63, 3.8) is 0 Å². The van der Waals surface area contributed by atoms with Gasteiger partial charge in [-0.05, 0) is 37.5 Å². The molecule has 1 aromatic rings. The number of sulfonamides is 1. The zero-order valence-electron chi connectivity index (χ0n) is 14.1. The third kappa shape index (κ3) is 4.32. The maximum absolute atomic E-state index is 12.9. The molecule has 1 saturated heterocycles. The van der Waals surface area contributed by atoms with Crippen LogP contribution in [0.25, 0.3) is 0 Å². The summed E-state index contributed by atoms with van der Waals surface area (Å²) in [6.45, 7) is 2.92. The second kappa shape index (κ2) is 8.06. The van der Waals surface area contributed by atoms with Gasteiger partial charge in [0.05, 0.1) is 11.5 Å². The fourth-order valence-electron chi connectivity index (χ4n) is 2.69. The minimum Gasteiger partial charge on any atom is -0.383 e. The number of amides is 1. The van der Waals surface area contributed by atoms with Crippen molar-refractivity contribution in [2.24, 2.45) is 5.73 Å². The van der Waals surface area contributed by atoms with Gasteiger partial charge in [-0.15, -0.1) is 0 Å². The smallest absolute Gasteiger partial charge is 0.243 e. The molecule has 0 bridgehead atoms. The zero-order chi connectivity index (χ0) is 17.7. The van der Waals surface area contributed by atoms with Crippen LogP contribution >= 0.6 is 0 Å². The van der Waals surface area contributed by atoms with Crippen LogP contribution < -0.4 is 11.1 Å². The van der Waals surface area contributed by atoms with Gasteiger partial charge in [0.15, 0.2) is 0 Å². The molecule has 0 saturated carbocycles. The Balaban J connectivity index is 2.23. The van der Waals surface area contributed by atoms with Crippen LogP contribution in [0.5, 0.6) is 0 Å². The van der Waals surface area contributed by atoms with E-state index in [2.05, 4.69) is 5.32 Å². The molecule has 0 aliphatic carbocycles. The highest BCUT2D eigenvalue weighted by molar-refractivity contribution is 7.89. The number of methoxy groups -OCH3 is 1. The molecule has 0 spiro atoms. The van der Waals surface area contributed by atoms with E-state index in [9.17, 15) is 13.2 Å². The molecule has 134 valence electrons. The first kappa shape index (κ1) is 18.9. The molecule has 1 aliphatic rings. The van der Waals surface area contributed by atoms with Crippen molar-refractivity contribution in [3.8, 4) is 0 Å². The Morgan fingerprint density at radius 3 is 2.62 bits per heavy atom. The van der Waals surface area contributed by atoms with E-state index >= 15 is 0 Å². The first-order chi connectivity index (χ1) is 11.4. The number of nitrogens with one attached hydrogen (secondary N) is 1. The van der Waals surface area contributed by atoms with Gasteiger partial charge in [-0.1, -0.05) is 12.5 Å². The predicted molar refractivity (Wildman–Crippen MR) is 92.3 cm³/mol. The Kier molecular flexibility index (Phi) is 6.34. The number of piperidine rings is 1. The fraction of sp³-hybridized carbons (Fsp3) is 0.562. The Labute approximate surface area is 143 Å². The van der Waals surface area contributed by atoms with Crippen molar-refractivity contribution in [1.82, 2.24) is 4.31 Å². The lowest BCUT2D eigenvalue weighted by atomic mass is 10.2. The molecule has 1 aliphatic heterocycles. The highest BCUT2D eigenvalue weighted by Crippen LogP contribution is 2.26. The average Bonchev–Trinajstić information content (AvgIpc) is 2.57. The standard InChI is InChI=1S/C16H25N3O4S/c1-12-6-7-13(18-16(20)14(17)11-23-2)10-15(12)24(21,22)19-8-4-3-5-9-19/h6-7,10,14H,3-5,8-9,11,17H2,1-2H3,(H,18,20). The Bertz CT molecular complexity index is 685. The molecule has 1 fully saturated rings. The Hall–Kier alpha value is -1.48. The normalized spacial score (nSPS) is 17.5. The molecule has 24 heavy (non-hydrogen) atoms. The van der Waals surface area contributed by atoms with Gasteiger partial charge < -0.3 is 15.8 Å². The molecule has 1 amide bonds. The molecule has 1 heterocycles. The second-order valence-corrected chi connectivity index (χ2v) is 7.90. The number of anilines is 1. The van der Waals surface area contributed by atoms with Crippen LogP contribution in [0.2, 0.25) is 0 Å². The van der Waals surface area contributed by atoms with Crippen molar-refractivity contribution in [2.75, 3.05) is 32.1 Å². The van der Waals surface area contributed by atoms with Gasteiger partial charge in [0.2, 0.25) is 15.9 Å². The summed E-state index contributed by atoms with van der Waals surface area (Å²) in [6, 6.07) is 4.05. The molecule has 0 radical (unpaired) electrons. The lowest BCUT2D eigenvalue weighted by Crippen LogP contribution is -2.39. The van der Waals surface area contributed by atoms with E-state index in [1.54, 1.807) is 19.1 Å². The quantitative estimate of drug-likeness (QED) is 0.795. The number of benzene rings is 1. The summed E-state index contributed by atoms with van der Waals surface area (Å²) < 4.78 is 32.1. The van der Waals surface area contributed by atoms with E-state index in [1.165, 1.54) is 17.5 Å². The molecule has 1 aromatic carbocycles. The van der Waals surface area contributed by atoms with Crippen LogP contribution in [0.4, 0.5) is 5.69 Å². The summed E-state index contributed by atoms with van der Waals surface area (Å²) in [5, 5.41) is 2.64. The molecule has 0 aromatic heterocycles. The van der Waals surface area contributed by atoms with E-state index in [1.807, 2.05) is 0 Å². The van der Waals surface area contributed by atoms with Gasteiger partial charge in [0.1, 0.15) is 6.04 Å². The summed E-state index contributed by atoms with van der Waals surface area (Å²) in [4.78, 5) is 12.2. The van der Waals surface area contributed by atoms with E-state index < -0.39 is 22.0 Å². The monoisotopic (exact) mass is 355 g/mol. The summed E-state index contributed by atoms with van der Waals surface area (Å²) in [6.07, 6.45) is 2.81. The molecule has 7 nitrogen and oxygen atoms in total. The van der Waals surface area contributed by atoms with Crippen molar-refractivity contribution >= 4 is 21.6 Å². The highest BCUT2D eigenvalue weighted by atomic mass is 32.2. The van der Waals surface area contributed by atoms with Crippen molar-refractivity contribution in [1.29, 1.82) is 0 Å². The van der Waals surface area contributed by atoms with E-state index in [4.69, 9.17) is 10.5 Å². The fourth-order valence-corrected chi connectivity index (χ4v) is 4.46. The van der Waals surface area contributed by atoms with Crippen LogP contribution in [0.1, 0.15) is 24.8 Å². The van der Waals surface area contributed by atoms with E-state index in [0.29, 0.717) is 24.3 Å². The number of nitrogens with two attached hydrogens (primary N) is 1. The van der Waals surface area contributed by atoms with Crippen LogP contribution in [-0.2, 0) is 19.6 Å². The maximum Gasteiger partial charge on any atom is 0.243 e. The summed E-state index contributed by atoms with van der Waals surface area (Å²) in [5.74, 6) is -0.415. The van der Waals surface area contributed by atoms with E-state index in [-0.39, 0.29) is 11.5 Å². The van der Waals surface area contributed by atoms with Gasteiger partial charge >= 0.3 is 0 Å². The topological polar surface area (TPSA) is 102 Å². The largest absolute Gasteiger partial charge is 0.383 e. The summed E-state index contributed by atoms with van der Waals surface area (Å²) in [7, 11) is -2.09. The number of hydrogen-bond donors (Lipinski definition) is 2. The minimum atomic E-state index is -3.56. The number of aryl methyl sites for hydroxylation is 1. The summed E-state index contributed by atoms with van der Waals surface area (Å²) >= 11 is 0. The predicted octanol–water partition coefficient (Wildman–Crippen LogP) is 1.08. The number of carbonyl (C=O) groups excluding carboxylic acids is 1. The number of rotatable bonds is 6. The van der Waals surface area contributed by atoms with Crippen molar-refractivity contribution in [2.45, 2.75) is 37.1 Å². The van der Waals surface area contributed by atoms with Gasteiger partial charge in [-0.2, -0.15) is 4.31 Å². The SMILES string of the molecule is COCC(N)C(=O)Nc1ccc(C)c(S(=O)(=O)N2CCCCC2)c1.